The average molecular weight is 291 g/mol. The molecule has 0 radical (unpaired) electrons. The lowest BCUT2D eigenvalue weighted by molar-refractivity contribution is -0.155. The summed E-state index contributed by atoms with van der Waals surface area (Å²) in [4.78, 5) is 22.0. The number of carbonyl (C=O) groups is 2. The van der Waals surface area contributed by atoms with Gasteiger partial charge in [-0.15, -0.1) is 0 Å². The van der Waals surface area contributed by atoms with Crippen LogP contribution in [-0.4, -0.2) is 34.7 Å². The lowest BCUT2D eigenvalue weighted by Gasteiger charge is -2.31. The van der Waals surface area contributed by atoms with Gasteiger partial charge in [0.05, 0.1) is 0 Å². The molecule has 0 aliphatic carbocycles. The number of nitrogens with one attached hydrogen (secondary N) is 1. The van der Waals surface area contributed by atoms with Gasteiger partial charge in [-0.3, -0.25) is 9.59 Å². The topological polar surface area (TPSA) is 86.6 Å². The molecule has 2 rings (SSSR count). The normalized spacial score (nSPS) is 22.1. The Balaban J connectivity index is 1.91. The van der Waals surface area contributed by atoms with Crippen LogP contribution in [0, 0.1) is 11.8 Å². The number of hydrogen-bond acceptors (Lipinski definition) is 3. The summed E-state index contributed by atoms with van der Waals surface area (Å²) in [5, 5.41) is 21.2. The molecule has 114 valence electrons. The van der Waals surface area contributed by atoms with Crippen molar-refractivity contribution < 1.29 is 19.8 Å². The van der Waals surface area contributed by atoms with Gasteiger partial charge in [-0.2, -0.15) is 0 Å². The first-order valence-electron chi connectivity index (χ1n) is 7.29. The second kappa shape index (κ2) is 7.22. The monoisotopic (exact) mass is 291 g/mol. The van der Waals surface area contributed by atoms with Crippen molar-refractivity contribution in [2.24, 2.45) is 11.8 Å². The molecule has 0 spiro atoms. The Hall–Kier alpha value is -1.88. The molecule has 5 heteroatoms. The van der Waals surface area contributed by atoms with Crippen LogP contribution in [0.1, 0.15) is 24.8 Å². The van der Waals surface area contributed by atoms with Crippen molar-refractivity contribution in [1.29, 1.82) is 0 Å². The molecular formula is C16H21NO4. The van der Waals surface area contributed by atoms with Crippen LogP contribution in [0.2, 0.25) is 0 Å². The van der Waals surface area contributed by atoms with Crippen LogP contribution in [0.4, 0.5) is 0 Å². The molecule has 0 amide bonds. The molecule has 2 atom stereocenters. The van der Waals surface area contributed by atoms with E-state index in [2.05, 4.69) is 17.4 Å². The summed E-state index contributed by atoms with van der Waals surface area (Å²) in [5.74, 6) is -3.36. The van der Waals surface area contributed by atoms with Crippen LogP contribution in [-0.2, 0) is 16.0 Å². The minimum absolute atomic E-state index is 0.0373. The quantitative estimate of drug-likeness (QED) is 0.695. The Morgan fingerprint density at radius 1 is 1.19 bits per heavy atom. The Bertz CT molecular complexity index is 474. The Morgan fingerprint density at radius 2 is 1.86 bits per heavy atom. The van der Waals surface area contributed by atoms with E-state index in [0.717, 1.165) is 25.8 Å². The van der Waals surface area contributed by atoms with Crippen molar-refractivity contribution in [2.75, 3.05) is 6.54 Å². The molecule has 3 N–H and O–H groups in total. The molecule has 1 heterocycles. The van der Waals surface area contributed by atoms with E-state index in [-0.39, 0.29) is 12.5 Å². The van der Waals surface area contributed by atoms with Gasteiger partial charge < -0.3 is 15.5 Å². The molecular weight excluding hydrogens is 270 g/mol. The summed E-state index contributed by atoms with van der Waals surface area (Å²) in [6.45, 7) is 0.814. The fraction of sp³-hybridized carbons (Fsp3) is 0.500. The smallest absolute Gasteiger partial charge is 0.317 e. The van der Waals surface area contributed by atoms with E-state index in [1.54, 1.807) is 0 Å². The molecule has 1 aliphatic rings. The zero-order valence-electron chi connectivity index (χ0n) is 11.9. The standard InChI is InChI=1S/C16H21NO4/c18-15(19)14(16(20)21)10-13-9-12(6-7-17-13)8-11-4-2-1-3-5-11/h1-5,12-14,17H,6-10H2,(H,18,19)(H,20,21). The van der Waals surface area contributed by atoms with Crippen LogP contribution < -0.4 is 5.32 Å². The second-order valence-electron chi connectivity index (χ2n) is 5.70. The summed E-state index contributed by atoms with van der Waals surface area (Å²) in [6.07, 6.45) is 2.97. The van der Waals surface area contributed by atoms with E-state index < -0.39 is 17.9 Å². The maximum Gasteiger partial charge on any atom is 0.317 e. The van der Waals surface area contributed by atoms with E-state index in [9.17, 15) is 9.59 Å². The summed E-state index contributed by atoms with van der Waals surface area (Å²) < 4.78 is 0. The molecule has 1 aliphatic heterocycles. The van der Waals surface area contributed by atoms with Crippen LogP contribution >= 0.6 is 0 Å². The zero-order chi connectivity index (χ0) is 15.2. The first-order chi connectivity index (χ1) is 10.1. The van der Waals surface area contributed by atoms with Crippen molar-refractivity contribution >= 4 is 11.9 Å². The third-order valence-corrected chi connectivity index (χ3v) is 4.09. The zero-order valence-corrected chi connectivity index (χ0v) is 11.9. The predicted octanol–water partition coefficient (Wildman–Crippen LogP) is 1.77. The van der Waals surface area contributed by atoms with E-state index in [0.29, 0.717) is 5.92 Å². The SMILES string of the molecule is O=C(O)C(CC1CC(Cc2ccccc2)CCN1)C(=O)O. The van der Waals surface area contributed by atoms with Gasteiger partial charge in [0.25, 0.3) is 0 Å². The molecule has 0 aromatic heterocycles. The first kappa shape index (κ1) is 15.5. The maximum atomic E-state index is 11.0. The van der Waals surface area contributed by atoms with Gasteiger partial charge in [0.2, 0.25) is 0 Å². The molecule has 2 unspecified atom stereocenters. The first-order valence-corrected chi connectivity index (χ1v) is 7.29. The molecule has 1 aromatic carbocycles. The second-order valence-corrected chi connectivity index (χ2v) is 5.70. The lowest BCUT2D eigenvalue weighted by Crippen LogP contribution is -2.42. The number of piperidine rings is 1. The van der Waals surface area contributed by atoms with Gasteiger partial charge in [-0.1, -0.05) is 30.3 Å². The number of carboxylic acid groups (broad SMARTS) is 2. The van der Waals surface area contributed by atoms with E-state index in [1.165, 1.54) is 5.56 Å². The lowest BCUT2D eigenvalue weighted by atomic mass is 9.84. The molecule has 5 nitrogen and oxygen atoms in total. The minimum atomic E-state index is -1.32. The number of hydrogen-bond donors (Lipinski definition) is 3. The molecule has 0 bridgehead atoms. The van der Waals surface area contributed by atoms with Crippen LogP contribution in [0.25, 0.3) is 0 Å². The van der Waals surface area contributed by atoms with E-state index >= 15 is 0 Å². The minimum Gasteiger partial charge on any atom is -0.481 e. The van der Waals surface area contributed by atoms with Gasteiger partial charge in [-0.05, 0) is 43.7 Å². The van der Waals surface area contributed by atoms with Gasteiger partial charge in [-0.25, -0.2) is 0 Å². The molecule has 0 saturated carbocycles. The van der Waals surface area contributed by atoms with Crippen LogP contribution in [0.15, 0.2) is 30.3 Å². The molecule has 1 aromatic rings. The van der Waals surface area contributed by atoms with Crippen LogP contribution in [0.5, 0.6) is 0 Å². The summed E-state index contributed by atoms with van der Waals surface area (Å²) in [7, 11) is 0. The van der Waals surface area contributed by atoms with Crippen molar-refractivity contribution in [3.8, 4) is 0 Å². The summed E-state index contributed by atoms with van der Waals surface area (Å²) >= 11 is 0. The van der Waals surface area contributed by atoms with E-state index in [1.807, 2.05) is 18.2 Å². The van der Waals surface area contributed by atoms with Gasteiger partial charge in [0.1, 0.15) is 0 Å². The fourth-order valence-electron chi connectivity index (χ4n) is 3.00. The maximum absolute atomic E-state index is 11.0. The Morgan fingerprint density at radius 3 is 2.48 bits per heavy atom. The Labute approximate surface area is 124 Å². The van der Waals surface area contributed by atoms with Crippen molar-refractivity contribution in [3.63, 3.8) is 0 Å². The number of benzene rings is 1. The molecule has 21 heavy (non-hydrogen) atoms. The number of carboxylic acids is 2. The van der Waals surface area contributed by atoms with Crippen LogP contribution in [0.3, 0.4) is 0 Å². The predicted molar refractivity (Wildman–Crippen MR) is 78.0 cm³/mol. The fourth-order valence-corrected chi connectivity index (χ4v) is 3.00. The number of aliphatic carboxylic acids is 2. The van der Waals surface area contributed by atoms with Gasteiger partial charge in [0.15, 0.2) is 5.92 Å². The van der Waals surface area contributed by atoms with Gasteiger partial charge >= 0.3 is 11.9 Å². The number of rotatable bonds is 6. The van der Waals surface area contributed by atoms with Gasteiger partial charge in [0, 0.05) is 6.04 Å². The summed E-state index contributed by atoms with van der Waals surface area (Å²) in [6, 6.07) is 10.2. The third-order valence-electron chi connectivity index (χ3n) is 4.09. The van der Waals surface area contributed by atoms with Crippen molar-refractivity contribution in [2.45, 2.75) is 31.7 Å². The molecule has 1 fully saturated rings. The third kappa shape index (κ3) is 4.56. The Kier molecular flexibility index (Phi) is 5.33. The highest BCUT2D eigenvalue weighted by Crippen LogP contribution is 2.24. The van der Waals surface area contributed by atoms with Crippen molar-refractivity contribution in [1.82, 2.24) is 5.32 Å². The van der Waals surface area contributed by atoms with E-state index in [4.69, 9.17) is 10.2 Å². The largest absolute Gasteiger partial charge is 0.481 e. The summed E-state index contributed by atoms with van der Waals surface area (Å²) in [5.41, 5.74) is 1.27. The average Bonchev–Trinajstić information content (AvgIpc) is 2.45. The van der Waals surface area contributed by atoms with Crippen molar-refractivity contribution in [3.05, 3.63) is 35.9 Å². The highest BCUT2D eigenvalue weighted by molar-refractivity contribution is 5.92. The molecule has 1 saturated heterocycles. The highest BCUT2D eigenvalue weighted by atomic mass is 16.4. The highest BCUT2D eigenvalue weighted by Gasteiger charge is 2.31.